The number of nitrogens with one attached hydrogen (secondary N) is 2. The summed E-state index contributed by atoms with van der Waals surface area (Å²) in [5.41, 5.74) is 0. The topological polar surface area (TPSA) is 67.4 Å². The first kappa shape index (κ1) is 16.7. The summed E-state index contributed by atoms with van der Waals surface area (Å²) in [6.07, 6.45) is 0.694. The fourth-order valence-electron chi connectivity index (χ4n) is 1.48. The van der Waals surface area contributed by atoms with Gasteiger partial charge in [-0.1, -0.05) is 11.6 Å². The summed E-state index contributed by atoms with van der Waals surface area (Å²) in [4.78, 5) is 0.0267. The Morgan fingerprint density at radius 1 is 1.37 bits per heavy atom. The smallest absolute Gasteiger partial charge is 0.244 e. The summed E-state index contributed by atoms with van der Waals surface area (Å²) < 4.78 is 32.5. The van der Waals surface area contributed by atoms with Gasteiger partial charge in [-0.05, 0) is 48.1 Å². The molecule has 1 aromatic carbocycles. The minimum absolute atomic E-state index is 0.0267. The number of sulfonamides is 1. The summed E-state index contributed by atoms with van der Waals surface area (Å²) in [5, 5.41) is 3.27. The van der Waals surface area contributed by atoms with Crippen LogP contribution in [0.4, 0.5) is 0 Å². The van der Waals surface area contributed by atoms with E-state index in [2.05, 4.69) is 26.0 Å². The van der Waals surface area contributed by atoms with Crippen molar-refractivity contribution < 1.29 is 13.2 Å². The van der Waals surface area contributed by atoms with Gasteiger partial charge in [0, 0.05) is 11.6 Å². The zero-order chi connectivity index (χ0) is 14.5. The fraction of sp³-hybridized carbons (Fsp3) is 0.455. The molecule has 0 saturated heterocycles. The zero-order valence-electron chi connectivity index (χ0n) is 10.7. The van der Waals surface area contributed by atoms with Crippen LogP contribution in [0.1, 0.15) is 6.42 Å². The van der Waals surface area contributed by atoms with Gasteiger partial charge in [0.05, 0.1) is 11.6 Å². The van der Waals surface area contributed by atoms with Crippen LogP contribution in [0.25, 0.3) is 0 Å². The lowest BCUT2D eigenvalue weighted by molar-refractivity contribution is 0.399. The molecule has 5 nitrogen and oxygen atoms in total. The zero-order valence-corrected chi connectivity index (χ0v) is 13.8. The molecule has 0 aliphatic rings. The van der Waals surface area contributed by atoms with E-state index in [4.69, 9.17) is 16.3 Å². The van der Waals surface area contributed by atoms with E-state index in [-0.39, 0.29) is 10.6 Å². The summed E-state index contributed by atoms with van der Waals surface area (Å²) in [6.45, 7) is 1.08. The van der Waals surface area contributed by atoms with Crippen LogP contribution in [0.5, 0.6) is 5.75 Å². The second-order valence-electron chi connectivity index (χ2n) is 3.77. The van der Waals surface area contributed by atoms with Gasteiger partial charge in [0.1, 0.15) is 4.90 Å². The maximum atomic E-state index is 12.2. The third-order valence-corrected chi connectivity index (χ3v) is 4.64. The van der Waals surface area contributed by atoms with Crippen molar-refractivity contribution in [2.24, 2.45) is 0 Å². The van der Waals surface area contributed by atoms with E-state index >= 15 is 0 Å². The summed E-state index contributed by atoms with van der Waals surface area (Å²) in [7, 11) is -0.424. The van der Waals surface area contributed by atoms with Crippen LogP contribution in [0.3, 0.4) is 0 Å². The molecule has 19 heavy (non-hydrogen) atoms. The molecule has 2 N–H and O–H groups in total. The minimum Gasteiger partial charge on any atom is -0.494 e. The van der Waals surface area contributed by atoms with Gasteiger partial charge in [0.25, 0.3) is 0 Å². The Bertz CT molecular complexity index is 537. The van der Waals surface area contributed by atoms with Gasteiger partial charge < -0.3 is 10.1 Å². The average Bonchev–Trinajstić information content (AvgIpc) is 2.34. The third-order valence-electron chi connectivity index (χ3n) is 2.36. The number of rotatable bonds is 7. The van der Waals surface area contributed by atoms with Crippen molar-refractivity contribution in [1.29, 1.82) is 0 Å². The van der Waals surface area contributed by atoms with Crippen molar-refractivity contribution in [3.8, 4) is 5.75 Å². The normalized spacial score (nSPS) is 11.6. The Labute approximate surface area is 126 Å². The number of halogens is 2. The Morgan fingerprint density at radius 2 is 2.05 bits per heavy atom. The Balaban J connectivity index is 3.00. The number of methoxy groups -OCH3 is 1. The first-order valence-corrected chi connectivity index (χ1v) is 8.25. The highest BCUT2D eigenvalue weighted by molar-refractivity contribution is 9.10. The highest BCUT2D eigenvalue weighted by atomic mass is 79.9. The van der Waals surface area contributed by atoms with Gasteiger partial charge in [-0.25, -0.2) is 13.1 Å². The van der Waals surface area contributed by atoms with Gasteiger partial charge in [-0.2, -0.15) is 0 Å². The predicted molar refractivity (Wildman–Crippen MR) is 79.4 cm³/mol. The number of hydrogen-bond acceptors (Lipinski definition) is 4. The second kappa shape index (κ2) is 7.44. The molecule has 0 amide bonds. The van der Waals surface area contributed by atoms with E-state index < -0.39 is 10.0 Å². The molecule has 1 rings (SSSR count). The summed E-state index contributed by atoms with van der Waals surface area (Å²) in [6, 6.07) is 2.95. The molecule has 0 aromatic heterocycles. The van der Waals surface area contributed by atoms with Crippen LogP contribution >= 0.6 is 27.5 Å². The second-order valence-corrected chi connectivity index (χ2v) is 6.80. The molecular formula is C11H16BrClN2O3S. The first-order chi connectivity index (χ1) is 8.92. The van der Waals surface area contributed by atoms with Crippen molar-refractivity contribution >= 4 is 37.6 Å². The maximum absolute atomic E-state index is 12.2. The molecule has 0 spiro atoms. The van der Waals surface area contributed by atoms with Gasteiger partial charge >= 0.3 is 0 Å². The monoisotopic (exact) mass is 370 g/mol. The van der Waals surface area contributed by atoms with Crippen molar-refractivity contribution in [3.63, 3.8) is 0 Å². The molecule has 0 bridgehead atoms. The van der Waals surface area contributed by atoms with Crippen molar-refractivity contribution in [2.45, 2.75) is 11.3 Å². The lowest BCUT2D eigenvalue weighted by atomic mass is 10.3. The van der Waals surface area contributed by atoms with Gasteiger partial charge in [-0.15, -0.1) is 0 Å². The average molecular weight is 372 g/mol. The van der Waals surface area contributed by atoms with E-state index in [0.29, 0.717) is 22.5 Å². The standard InChI is InChI=1S/C11H16BrClN2O3S/c1-14-4-3-5-15-19(16,17)10-7-8(13)6-9(12)11(10)18-2/h6-7,14-15H,3-5H2,1-2H3. The fourth-order valence-corrected chi connectivity index (χ4v) is 3.94. The Kier molecular flexibility index (Phi) is 6.55. The van der Waals surface area contributed by atoms with Crippen molar-refractivity contribution in [1.82, 2.24) is 10.0 Å². The van der Waals surface area contributed by atoms with Crippen LogP contribution in [0.15, 0.2) is 21.5 Å². The molecule has 0 atom stereocenters. The molecule has 0 saturated carbocycles. The first-order valence-electron chi connectivity index (χ1n) is 5.59. The number of benzene rings is 1. The molecular weight excluding hydrogens is 356 g/mol. The van der Waals surface area contributed by atoms with Gasteiger partial charge in [0.2, 0.25) is 10.0 Å². The lowest BCUT2D eigenvalue weighted by Gasteiger charge is -2.12. The lowest BCUT2D eigenvalue weighted by Crippen LogP contribution is -2.27. The van der Waals surface area contributed by atoms with Crippen molar-refractivity contribution in [2.75, 3.05) is 27.2 Å². The molecule has 0 aliphatic heterocycles. The summed E-state index contributed by atoms with van der Waals surface area (Å²) >= 11 is 9.11. The van der Waals surface area contributed by atoms with E-state index in [0.717, 1.165) is 6.54 Å². The van der Waals surface area contributed by atoms with Gasteiger partial charge in [-0.3, -0.25) is 0 Å². The largest absolute Gasteiger partial charge is 0.494 e. The van der Waals surface area contributed by atoms with Crippen LogP contribution in [0, 0.1) is 0 Å². The molecule has 1 aromatic rings. The number of hydrogen-bond donors (Lipinski definition) is 2. The molecule has 0 unspecified atom stereocenters. The van der Waals surface area contributed by atoms with E-state index in [9.17, 15) is 8.42 Å². The van der Waals surface area contributed by atoms with E-state index in [1.54, 1.807) is 6.07 Å². The van der Waals surface area contributed by atoms with Gasteiger partial charge in [0.15, 0.2) is 5.75 Å². The van der Waals surface area contributed by atoms with Crippen LogP contribution < -0.4 is 14.8 Å². The summed E-state index contributed by atoms with van der Waals surface area (Å²) in [5.74, 6) is 0.241. The number of ether oxygens (including phenoxy) is 1. The Morgan fingerprint density at radius 3 is 2.63 bits per heavy atom. The Hall–Kier alpha value is -0.340. The maximum Gasteiger partial charge on any atom is 0.244 e. The molecule has 8 heteroatoms. The highest BCUT2D eigenvalue weighted by Gasteiger charge is 2.21. The van der Waals surface area contributed by atoms with Crippen LogP contribution in [-0.2, 0) is 10.0 Å². The quantitative estimate of drug-likeness (QED) is 0.719. The van der Waals surface area contributed by atoms with Crippen LogP contribution in [-0.4, -0.2) is 35.7 Å². The van der Waals surface area contributed by atoms with E-state index in [1.807, 2.05) is 7.05 Å². The van der Waals surface area contributed by atoms with Crippen LogP contribution in [0.2, 0.25) is 5.02 Å². The highest BCUT2D eigenvalue weighted by Crippen LogP contribution is 2.35. The predicted octanol–water partition coefficient (Wildman–Crippen LogP) is 2.00. The molecule has 0 fully saturated rings. The molecule has 0 aliphatic carbocycles. The molecule has 0 heterocycles. The molecule has 0 radical (unpaired) electrons. The SMILES string of the molecule is CNCCCNS(=O)(=O)c1cc(Cl)cc(Br)c1OC. The molecule has 108 valence electrons. The minimum atomic E-state index is -3.65. The third kappa shape index (κ3) is 4.61. The van der Waals surface area contributed by atoms with E-state index in [1.165, 1.54) is 13.2 Å². The van der Waals surface area contributed by atoms with Crippen molar-refractivity contribution in [3.05, 3.63) is 21.6 Å².